The highest BCUT2D eigenvalue weighted by Gasteiger charge is 2.22. The second-order valence-electron chi connectivity index (χ2n) is 4.28. The van der Waals surface area contributed by atoms with Crippen LogP contribution in [0.4, 0.5) is 0 Å². The third kappa shape index (κ3) is 3.84. The van der Waals surface area contributed by atoms with Crippen molar-refractivity contribution in [1.82, 2.24) is 4.98 Å². The lowest BCUT2D eigenvalue weighted by molar-refractivity contribution is -0.137. The zero-order valence-electron chi connectivity index (χ0n) is 10.7. The van der Waals surface area contributed by atoms with Gasteiger partial charge in [-0.15, -0.1) is 11.8 Å². The van der Waals surface area contributed by atoms with E-state index in [1.54, 1.807) is 25.3 Å². The normalized spacial score (nSPS) is 12.4. The van der Waals surface area contributed by atoms with Crippen molar-refractivity contribution in [2.45, 2.75) is 37.3 Å². The fourth-order valence-corrected chi connectivity index (χ4v) is 2.34. The molecular formula is C13H17NO3S. The van der Waals surface area contributed by atoms with Crippen LogP contribution >= 0.6 is 11.8 Å². The molecule has 1 atom stereocenters. The number of rotatable bonds is 6. The fourth-order valence-electron chi connectivity index (χ4n) is 1.41. The Morgan fingerprint density at radius 3 is 2.44 bits per heavy atom. The van der Waals surface area contributed by atoms with Crippen LogP contribution in [0.25, 0.3) is 0 Å². The fraction of sp³-hybridized carbons (Fsp3) is 0.462. The van der Waals surface area contributed by atoms with Crippen LogP contribution in [0.3, 0.4) is 0 Å². The highest BCUT2D eigenvalue weighted by molar-refractivity contribution is 8.00. The molecule has 1 heterocycles. The van der Waals surface area contributed by atoms with Gasteiger partial charge in [0.2, 0.25) is 0 Å². The van der Waals surface area contributed by atoms with Gasteiger partial charge < -0.3 is 5.11 Å². The molecule has 0 aliphatic carbocycles. The lowest BCUT2D eigenvalue weighted by Crippen LogP contribution is -2.22. The van der Waals surface area contributed by atoms with E-state index in [4.69, 9.17) is 5.11 Å². The third-order valence-electron chi connectivity index (χ3n) is 2.46. The molecule has 0 saturated carbocycles. The van der Waals surface area contributed by atoms with E-state index in [0.717, 1.165) is 4.90 Å². The lowest BCUT2D eigenvalue weighted by atomic mass is 10.1. The van der Waals surface area contributed by atoms with E-state index in [-0.39, 0.29) is 11.7 Å². The van der Waals surface area contributed by atoms with Crippen LogP contribution in [0.5, 0.6) is 0 Å². The molecule has 18 heavy (non-hydrogen) atoms. The number of carbonyl (C=O) groups is 2. The highest BCUT2D eigenvalue weighted by atomic mass is 32.2. The molecule has 1 unspecified atom stereocenters. The van der Waals surface area contributed by atoms with Crippen molar-refractivity contribution in [3.8, 4) is 0 Å². The smallest absolute Gasteiger partial charge is 0.317 e. The van der Waals surface area contributed by atoms with Gasteiger partial charge in [0.1, 0.15) is 10.9 Å². The van der Waals surface area contributed by atoms with Crippen LogP contribution in [-0.4, -0.2) is 27.1 Å². The molecule has 0 fully saturated rings. The zero-order valence-corrected chi connectivity index (χ0v) is 11.5. The summed E-state index contributed by atoms with van der Waals surface area (Å²) in [6, 6.07) is 3.40. The maximum absolute atomic E-state index is 11.4. The summed E-state index contributed by atoms with van der Waals surface area (Å²) in [5, 5.41) is 8.59. The molecule has 5 heteroatoms. The topological polar surface area (TPSA) is 67.3 Å². The first-order valence-corrected chi connectivity index (χ1v) is 6.72. The average Bonchev–Trinajstić information content (AvgIpc) is 2.35. The summed E-state index contributed by atoms with van der Waals surface area (Å²) in [5.74, 6) is -0.807. The largest absolute Gasteiger partial charge is 0.480 e. The first-order valence-electron chi connectivity index (χ1n) is 5.84. The molecular weight excluding hydrogens is 250 g/mol. The van der Waals surface area contributed by atoms with Crippen molar-refractivity contribution < 1.29 is 14.7 Å². The number of aromatic nitrogens is 1. The minimum Gasteiger partial charge on any atom is -0.480 e. The van der Waals surface area contributed by atoms with Gasteiger partial charge in [0.25, 0.3) is 0 Å². The summed E-state index contributed by atoms with van der Waals surface area (Å²) in [5.41, 5.74) is 0.429. The van der Waals surface area contributed by atoms with Crippen LogP contribution in [0.2, 0.25) is 0 Å². The predicted octanol–water partition coefficient (Wildman–Crippen LogP) is 2.88. The molecule has 0 aliphatic rings. The number of pyridine rings is 1. The Morgan fingerprint density at radius 1 is 1.39 bits per heavy atom. The van der Waals surface area contributed by atoms with Crippen molar-refractivity contribution in [1.29, 1.82) is 0 Å². The zero-order chi connectivity index (χ0) is 13.7. The summed E-state index contributed by atoms with van der Waals surface area (Å²) < 4.78 is 0. The molecule has 0 saturated heterocycles. The second-order valence-corrected chi connectivity index (χ2v) is 5.49. The van der Waals surface area contributed by atoms with Gasteiger partial charge in [0, 0.05) is 17.5 Å². The Bertz CT molecular complexity index is 428. The van der Waals surface area contributed by atoms with Crippen LogP contribution in [-0.2, 0) is 4.79 Å². The summed E-state index contributed by atoms with van der Waals surface area (Å²) in [4.78, 5) is 27.3. The molecule has 1 aromatic rings. The number of carboxylic acids is 1. The number of nitrogens with zero attached hydrogens (tertiary/aromatic N) is 1. The quantitative estimate of drug-likeness (QED) is 0.634. The number of Topliss-reactive ketones (excluding diaryl/α,β-unsaturated/α-hetero) is 1. The van der Waals surface area contributed by atoms with Crippen molar-refractivity contribution in [3.05, 3.63) is 24.0 Å². The van der Waals surface area contributed by atoms with E-state index in [0.29, 0.717) is 12.1 Å². The number of carboxylic acid groups (broad SMARTS) is 1. The SMILES string of the molecule is CCC(=O)c1ccc(SC(C(=O)O)C(C)C)cn1. The van der Waals surface area contributed by atoms with E-state index in [9.17, 15) is 9.59 Å². The van der Waals surface area contributed by atoms with E-state index in [1.807, 2.05) is 13.8 Å². The number of carbonyl (C=O) groups excluding carboxylic acids is 1. The standard InChI is InChI=1S/C13H17NO3S/c1-4-11(15)10-6-5-9(7-14-10)18-12(8(2)3)13(16)17/h5-8,12H,4H2,1-3H3,(H,16,17). The van der Waals surface area contributed by atoms with Crippen molar-refractivity contribution in [2.75, 3.05) is 0 Å². The molecule has 1 aromatic heterocycles. The Morgan fingerprint density at radius 2 is 2.06 bits per heavy atom. The summed E-state index contributed by atoms with van der Waals surface area (Å²) in [6.07, 6.45) is 1.98. The Labute approximate surface area is 111 Å². The van der Waals surface area contributed by atoms with Crippen LogP contribution in [0.15, 0.2) is 23.2 Å². The van der Waals surface area contributed by atoms with Crippen molar-refractivity contribution >= 4 is 23.5 Å². The molecule has 0 radical (unpaired) electrons. The van der Waals surface area contributed by atoms with Gasteiger partial charge in [0.05, 0.1) is 0 Å². The minimum absolute atomic E-state index is 0.00908. The maximum atomic E-state index is 11.4. The number of hydrogen-bond donors (Lipinski definition) is 1. The number of thioether (sulfide) groups is 1. The molecule has 1 N–H and O–H groups in total. The van der Waals surface area contributed by atoms with Crippen molar-refractivity contribution in [3.63, 3.8) is 0 Å². The van der Waals surface area contributed by atoms with Crippen LogP contribution in [0, 0.1) is 5.92 Å². The number of hydrogen-bond acceptors (Lipinski definition) is 4. The first-order chi connectivity index (χ1) is 8.45. The number of aliphatic carboxylic acids is 1. The monoisotopic (exact) mass is 267 g/mol. The third-order valence-corrected chi connectivity index (χ3v) is 3.97. The molecule has 98 valence electrons. The maximum Gasteiger partial charge on any atom is 0.317 e. The minimum atomic E-state index is -0.830. The lowest BCUT2D eigenvalue weighted by Gasteiger charge is -2.15. The predicted molar refractivity (Wildman–Crippen MR) is 71.0 cm³/mol. The van der Waals surface area contributed by atoms with Crippen molar-refractivity contribution in [2.24, 2.45) is 5.92 Å². The van der Waals surface area contributed by atoms with Gasteiger partial charge in [-0.1, -0.05) is 20.8 Å². The molecule has 0 spiro atoms. The van der Waals surface area contributed by atoms with E-state index < -0.39 is 11.2 Å². The molecule has 0 bridgehead atoms. The molecule has 0 amide bonds. The number of ketones is 1. The van der Waals surface area contributed by atoms with Crippen LogP contribution in [0.1, 0.15) is 37.7 Å². The molecule has 4 nitrogen and oxygen atoms in total. The van der Waals surface area contributed by atoms with Gasteiger partial charge in [-0.2, -0.15) is 0 Å². The van der Waals surface area contributed by atoms with Gasteiger partial charge in [-0.05, 0) is 18.1 Å². The summed E-state index contributed by atoms with van der Waals surface area (Å²) in [7, 11) is 0. The second kappa shape index (κ2) is 6.54. The average molecular weight is 267 g/mol. The summed E-state index contributed by atoms with van der Waals surface area (Å²) in [6.45, 7) is 5.52. The summed E-state index contributed by atoms with van der Waals surface area (Å²) >= 11 is 1.26. The first kappa shape index (κ1) is 14.7. The Hall–Kier alpha value is -1.36. The van der Waals surface area contributed by atoms with E-state index >= 15 is 0 Å². The Balaban J connectivity index is 2.79. The molecule has 0 aliphatic heterocycles. The van der Waals surface area contributed by atoms with Gasteiger partial charge in [-0.3, -0.25) is 14.6 Å². The van der Waals surface area contributed by atoms with Gasteiger partial charge >= 0.3 is 5.97 Å². The molecule has 0 aromatic carbocycles. The van der Waals surface area contributed by atoms with Gasteiger partial charge in [-0.25, -0.2) is 0 Å². The highest BCUT2D eigenvalue weighted by Crippen LogP contribution is 2.27. The Kier molecular flexibility index (Phi) is 5.34. The van der Waals surface area contributed by atoms with Crippen LogP contribution < -0.4 is 0 Å². The van der Waals surface area contributed by atoms with E-state index in [1.165, 1.54) is 11.8 Å². The molecule has 1 rings (SSSR count). The van der Waals surface area contributed by atoms with Gasteiger partial charge in [0.15, 0.2) is 5.78 Å². The van der Waals surface area contributed by atoms with E-state index in [2.05, 4.69) is 4.98 Å².